The smallest absolute Gasteiger partial charge is 0.259 e. The Bertz CT molecular complexity index is 1420. The number of para-hydroxylation sites is 1. The summed E-state index contributed by atoms with van der Waals surface area (Å²) in [6.07, 6.45) is 6.22. The Morgan fingerprint density at radius 2 is 1.61 bits per heavy atom. The largest absolute Gasteiger partial charge is 0.371 e. The fraction of sp³-hybridized carbons (Fsp3) is 0.200. The Labute approximate surface area is 179 Å². The van der Waals surface area contributed by atoms with Crippen molar-refractivity contribution in [3.05, 3.63) is 66.0 Å². The van der Waals surface area contributed by atoms with E-state index in [1.807, 2.05) is 48.3 Å². The maximum atomic E-state index is 12.9. The van der Waals surface area contributed by atoms with E-state index in [2.05, 4.69) is 33.4 Å². The van der Waals surface area contributed by atoms with Crippen molar-refractivity contribution in [1.82, 2.24) is 14.9 Å². The molecule has 6 rings (SSSR count). The minimum Gasteiger partial charge on any atom is -0.371 e. The SMILES string of the molecule is Cn1cc(C2=C(c3c[nH]c4ccccc34)C(=O)NC2=O)c2ccc(N3CCCC3)cc21. The molecule has 2 aliphatic rings. The highest BCUT2D eigenvalue weighted by molar-refractivity contribution is 6.50. The van der Waals surface area contributed by atoms with Crippen molar-refractivity contribution in [1.29, 1.82) is 0 Å². The van der Waals surface area contributed by atoms with Crippen molar-refractivity contribution in [3.63, 3.8) is 0 Å². The average molecular weight is 410 g/mol. The summed E-state index contributed by atoms with van der Waals surface area (Å²) in [6.45, 7) is 2.16. The van der Waals surface area contributed by atoms with Crippen LogP contribution in [0, 0.1) is 0 Å². The molecule has 0 spiro atoms. The molecule has 0 aliphatic carbocycles. The van der Waals surface area contributed by atoms with Gasteiger partial charge in [-0.05, 0) is 31.0 Å². The number of rotatable bonds is 3. The van der Waals surface area contributed by atoms with Crippen LogP contribution in [0.15, 0.2) is 54.9 Å². The molecular weight excluding hydrogens is 388 g/mol. The third kappa shape index (κ3) is 2.64. The summed E-state index contributed by atoms with van der Waals surface area (Å²) < 4.78 is 2.04. The number of carbonyl (C=O) groups excluding carboxylic acids is 2. The number of H-pyrrole nitrogens is 1. The van der Waals surface area contributed by atoms with Crippen LogP contribution in [-0.4, -0.2) is 34.5 Å². The third-order valence-electron chi connectivity index (χ3n) is 6.50. The van der Waals surface area contributed by atoms with Gasteiger partial charge in [-0.3, -0.25) is 14.9 Å². The van der Waals surface area contributed by atoms with E-state index in [0.717, 1.165) is 46.0 Å². The number of benzene rings is 2. The highest BCUT2D eigenvalue weighted by Crippen LogP contribution is 2.39. The van der Waals surface area contributed by atoms with Crippen LogP contribution in [-0.2, 0) is 16.6 Å². The Balaban J connectivity index is 1.57. The van der Waals surface area contributed by atoms with Gasteiger partial charge in [0.2, 0.25) is 0 Å². The first-order valence-corrected chi connectivity index (χ1v) is 10.6. The summed E-state index contributed by atoms with van der Waals surface area (Å²) in [5, 5.41) is 4.42. The Morgan fingerprint density at radius 1 is 0.871 bits per heavy atom. The summed E-state index contributed by atoms with van der Waals surface area (Å²) in [5.41, 5.74) is 5.60. The fourth-order valence-electron chi connectivity index (χ4n) is 4.99. The molecule has 0 unspecified atom stereocenters. The first-order chi connectivity index (χ1) is 15.1. The van der Waals surface area contributed by atoms with Crippen LogP contribution in [0.2, 0.25) is 0 Å². The first-order valence-electron chi connectivity index (χ1n) is 10.6. The van der Waals surface area contributed by atoms with Gasteiger partial charge in [0.1, 0.15) is 0 Å². The second-order valence-electron chi connectivity index (χ2n) is 8.33. The number of aromatic nitrogens is 2. The van der Waals surface area contributed by atoms with Crippen molar-refractivity contribution >= 4 is 50.5 Å². The number of hydrogen-bond donors (Lipinski definition) is 2. The molecule has 154 valence electrons. The van der Waals surface area contributed by atoms with Crippen LogP contribution in [0.1, 0.15) is 24.0 Å². The second kappa shape index (κ2) is 6.60. The topological polar surface area (TPSA) is 70.1 Å². The van der Waals surface area contributed by atoms with Gasteiger partial charge in [0, 0.05) is 65.6 Å². The molecule has 2 aromatic carbocycles. The van der Waals surface area contributed by atoms with E-state index in [0.29, 0.717) is 11.1 Å². The van der Waals surface area contributed by atoms with E-state index < -0.39 is 0 Å². The molecule has 1 saturated heterocycles. The number of carbonyl (C=O) groups is 2. The minimum absolute atomic E-state index is 0.346. The van der Waals surface area contributed by atoms with Gasteiger partial charge in [0.05, 0.1) is 16.7 Å². The van der Waals surface area contributed by atoms with Gasteiger partial charge < -0.3 is 14.5 Å². The van der Waals surface area contributed by atoms with Crippen molar-refractivity contribution in [2.75, 3.05) is 18.0 Å². The number of aryl methyl sites for hydroxylation is 1. The molecule has 0 radical (unpaired) electrons. The number of amides is 2. The van der Waals surface area contributed by atoms with E-state index in [1.165, 1.54) is 18.5 Å². The Kier molecular flexibility index (Phi) is 3.84. The molecule has 0 saturated carbocycles. The number of anilines is 1. The number of hydrogen-bond acceptors (Lipinski definition) is 3. The number of fused-ring (bicyclic) bond motifs is 2. The molecule has 1 fully saturated rings. The highest BCUT2D eigenvalue weighted by Gasteiger charge is 2.35. The highest BCUT2D eigenvalue weighted by atomic mass is 16.2. The van der Waals surface area contributed by atoms with Crippen molar-refractivity contribution in [2.24, 2.45) is 7.05 Å². The van der Waals surface area contributed by atoms with Crippen LogP contribution in [0.4, 0.5) is 5.69 Å². The Morgan fingerprint density at radius 3 is 2.42 bits per heavy atom. The van der Waals surface area contributed by atoms with Gasteiger partial charge in [-0.1, -0.05) is 24.3 Å². The summed E-state index contributed by atoms with van der Waals surface area (Å²) >= 11 is 0. The summed E-state index contributed by atoms with van der Waals surface area (Å²) in [7, 11) is 1.99. The molecule has 2 N–H and O–H groups in total. The zero-order valence-corrected chi connectivity index (χ0v) is 17.2. The van der Waals surface area contributed by atoms with E-state index in [1.54, 1.807) is 0 Å². The van der Waals surface area contributed by atoms with Crippen LogP contribution >= 0.6 is 0 Å². The van der Waals surface area contributed by atoms with Gasteiger partial charge in [-0.15, -0.1) is 0 Å². The summed E-state index contributed by atoms with van der Waals surface area (Å²) in [6, 6.07) is 14.2. The van der Waals surface area contributed by atoms with Crippen LogP contribution in [0.25, 0.3) is 33.0 Å². The molecule has 4 heterocycles. The average Bonchev–Trinajstić information content (AvgIpc) is 3.54. The third-order valence-corrected chi connectivity index (χ3v) is 6.50. The van der Waals surface area contributed by atoms with Crippen molar-refractivity contribution < 1.29 is 9.59 Å². The monoisotopic (exact) mass is 410 g/mol. The number of imide groups is 1. The maximum absolute atomic E-state index is 12.9. The summed E-state index contributed by atoms with van der Waals surface area (Å²) in [4.78, 5) is 31.4. The molecule has 0 bridgehead atoms. The molecule has 6 heteroatoms. The van der Waals surface area contributed by atoms with Crippen LogP contribution in [0.3, 0.4) is 0 Å². The fourth-order valence-corrected chi connectivity index (χ4v) is 4.99. The van der Waals surface area contributed by atoms with Gasteiger partial charge in [0.15, 0.2) is 0 Å². The zero-order valence-electron chi connectivity index (χ0n) is 17.2. The lowest BCUT2D eigenvalue weighted by Crippen LogP contribution is -2.22. The van der Waals surface area contributed by atoms with E-state index >= 15 is 0 Å². The number of aromatic amines is 1. The molecule has 2 aromatic heterocycles. The molecule has 6 nitrogen and oxygen atoms in total. The van der Waals surface area contributed by atoms with Crippen molar-refractivity contribution in [2.45, 2.75) is 12.8 Å². The maximum Gasteiger partial charge on any atom is 0.259 e. The lowest BCUT2D eigenvalue weighted by molar-refractivity contribution is -0.122. The lowest BCUT2D eigenvalue weighted by atomic mass is 9.95. The quantitative estimate of drug-likeness (QED) is 0.505. The molecule has 2 amide bonds. The number of nitrogens with one attached hydrogen (secondary N) is 2. The molecule has 0 atom stereocenters. The number of nitrogens with zero attached hydrogens (tertiary/aromatic N) is 2. The van der Waals surface area contributed by atoms with E-state index in [4.69, 9.17) is 0 Å². The Hall–Kier alpha value is -3.80. The van der Waals surface area contributed by atoms with Gasteiger partial charge >= 0.3 is 0 Å². The summed E-state index contributed by atoms with van der Waals surface area (Å²) in [5.74, 6) is -0.697. The molecule has 31 heavy (non-hydrogen) atoms. The second-order valence-corrected chi connectivity index (χ2v) is 8.33. The van der Waals surface area contributed by atoms with Gasteiger partial charge in [0.25, 0.3) is 11.8 Å². The predicted molar refractivity (Wildman–Crippen MR) is 123 cm³/mol. The standard InChI is InChI=1S/C25H22N4O2/c1-28-14-19(17-9-8-15(12-21(17)28)29-10-4-5-11-29)23-22(24(30)27-25(23)31)18-13-26-20-7-3-2-6-16(18)20/h2-3,6-9,12-14,26H,4-5,10-11H2,1H3,(H,27,30,31). The zero-order chi connectivity index (χ0) is 21.1. The van der Waals surface area contributed by atoms with E-state index in [-0.39, 0.29) is 11.8 Å². The molecular formula is C25H22N4O2. The minimum atomic E-state index is -0.351. The van der Waals surface area contributed by atoms with E-state index in [9.17, 15) is 9.59 Å². The van der Waals surface area contributed by atoms with Crippen LogP contribution in [0.5, 0.6) is 0 Å². The predicted octanol–water partition coefficient (Wildman–Crippen LogP) is 3.83. The molecule has 4 aromatic rings. The van der Waals surface area contributed by atoms with Gasteiger partial charge in [-0.25, -0.2) is 0 Å². The van der Waals surface area contributed by atoms with Crippen LogP contribution < -0.4 is 10.2 Å². The van der Waals surface area contributed by atoms with Crippen molar-refractivity contribution in [3.8, 4) is 0 Å². The lowest BCUT2D eigenvalue weighted by Gasteiger charge is -2.17. The first kappa shape index (κ1) is 18.0. The molecule has 2 aliphatic heterocycles. The normalized spacial score (nSPS) is 16.9. The van der Waals surface area contributed by atoms with Gasteiger partial charge in [-0.2, -0.15) is 0 Å².